The van der Waals surface area contributed by atoms with Crippen molar-refractivity contribution in [2.24, 2.45) is 0 Å². The molecule has 0 aliphatic heterocycles. The van der Waals surface area contributed by atoms with Gasteiger partial charge in [0, 0.05) is 19.3 Å². The average molecular weight is 903 g/mol. The summed E-state index contributed by atoms with van der Waals surface area (Å²) in [5.74, 6) is -1.02. The van der Waals surface area contributed by atoms with E-state index in [-0.39, 0.29) is 44.0 Å². The number of carbonyl (C=O) groups is 3. The SMILES string of the molecule is CCCCC/C=C\C/C=C\C/C=C\CCCCC(=O)O[C@@H](COC(=O)CCC/C=C\C/C=C\C/C=C\CCCCCCCC)COC(=O)CCCCCCC/C=C\C/C=C\CCCCC. The highest BCUT2D eigenvalue weighted by atomic mass is 16.6. The highest BCUT2D eigenvalue weighted by Crippen LogP contribution is 2.12. The summed E-state index contributed by atoms with van der Waals surface area (Å²) in [6.07, 6.45) is 69.7. The number of hydrogen-bond acceptors (Lipinski definition) is 6. The van der Waals surface area contributed by atoms with Crippen LogP contribution in [0.2, 0.25) is 0 Å². The maximum Gasteiger partial charge on any atom is 0.306 e. The van der Waals surface area contributed by atoms with Crippen LogP contribution in [-0.4, -0.2) is 37.2 Å². The van der Waals surface area contributed by atoms with Crippen LogP contribution in [0.5, 0.6) is 0 Å². The van der Waals surface area contributed by atoms with Gasteiger partial charge in [0.2, 0.25) is 0 Å². The van der Waals surface area contributed by atoms with Gasteiger partial charge in [-0.3, -0.25) is 14.4 Å². The Morgan fingerprint density at radius 2 is 0.569 bits per heavy atom. The maximum atomic E-state index is 12.8. The molecule has 0 fully saturated rings. The molecule has 6 nitrogen and oxygen atoms in total. The number of ether oxygens (including phenoxy) is 3. The highest BCUT2D eigenvalue weighted by Gasteiger charge is 2.19. The smallest absolute Gasteiger partial charge is 0.306 e. The molecule has 0 unspecified atom stereocenters. The van der Waals surface area contributed by atoms with Gasteiger partial charge in [0.05, 0.1) is 0 Å². The number of allylic oxidation sites excluding steroid dienone is 16. The summed E-state index contributed by atoms with van der Waals surface area (Å²) in [6, 6.07) is 0. The predicted molar refractivity (Wildman–Crippen MR) is 279 cm³/mol. The highest BCUT2D eigenvalue weighted by molar-refractivity contribution is 5.71. The number of esters is 3. The number of carbonyl (C=O) groups excluding carboxylic acids is 3. The van der Waals surface area contributed by atoms with Crippen LogP contribution in [0.3, 0.4) is 0 Å². The molecule has 0 aromatic heterocycles. The van der Waals surface area contributed by atoms with E-state index in [1.165, 1.54) is 96.3 Å². The molecule has 370 valence electrons. The first-order valence-corrected chi connectivity index (χ1v) is 26.7. The van der Waals surface area contributed by atoms with E-state index >= 15 is 0 Å². The first-order valence-electron chi connectivity index (χ1n) is 26.7. The second-order valence-corrected chi connectivity index (χ2v) is 17.4. The minimum atomic E-state index is -0.824. The Bertz CT molecular complexity index is 1310. The Labute approximate surface area is 400 Å². The van der Waals surface area contributed by atoms with Crippen molar-refractivity contribution in [3.8, 4) is 0 Å². The standard InChI is InChI=1S/C59H98O6/c1-4-7-10-13-16-19-22-25-28-29-32-34-37-40-43-46-49-52-58(61)64-55-56(65-59(62)53-50-47-44-41-38-35-31-27-24-21-18-15-12-9-6-3)54-63-57(60)51-48-45-42-39-36-33-30-26-23-20-17-14-11-8-5-2/h17-18,20-21,25-28,30-32,34,38,40-41,43,56H,4-16,19,22-24,29,33,35-37,39,42,44-55H2,1-3H3/b20-17-,21-18-,28-25-,30-26-,31-27-,34-32-,41-38-,43-40-/t56-/m1/s1. The fourth-order valence-electron chi connectivity index (χ4n) is 6.96. The molecule has 0 aliphatic rings. The summed E-state index contributed by atoms with van der Waals surface area (Å²) < 4.78 is 16.7. The van der Waals surface area contributed by atoms with Crippen LogP contribution in [-0.2, 0) is 28.6 Å². The third kappa shape index (κ3) is 51.2. The van der Waals surface area contributed by atoms with Gasteiger partial charge in [0.25, 0.3) is 0 Å². The Morgan fingerprint density at radius 1 is 0.308 bits per heavy atom. The van der Waals surface area contributed by atoms with E-state index in [9.17, 15) is 14.4 Å². The zero-order valence-electron chi connectivity index (χ0n) is 42.2. The summed E-state index contributed by atoms with van der Waals surface area (Å²) in [7, 11) is 0. The Morgan fingerprint density at radius 3 is 0.985 bits per heavy atom. The minimum Gasteiger partial charge on any atom is -0.462 e. The fraction of sp³-hybridized carbons (Fsp3) is 0.678. The fourth-order valence-corrected chi connectivity index (χ4v) is 6.96. The number of hydrogen-bond donors (Lipinski definition) is 0. The van der Waals surface area contributed by atoms with Gasteiger partial charge in [-0.1, -0.05) is 195 Å². The Hall–Kier alpha value is -3.67. The van der Waals surface area contributed by atoms with Gasteiger partial charge in [-0.15, -0.1) is 0 Å². The van der Waals surface area contributed by atoms with E-state index in [1.807, 2.05) is 0 Å². The van der Waals surface area contributed by atoms with Crippen molar-refractivity contribution in [1.29, 1.82) is 0 Å². The summed E-state index contributed by atoms with van der Waals surface area (Å²) in [5, 5.41) is 0. The second kappa shape index (κ2) is 52.9. The van der Waals surface area contributed by atoms with Crippen LogP contribution in [0.25, 0.3) is 0 Å². The molecule has 0 aliphatic carbocycles. The lowest BCUT2D eigenvalue weighted by Gasteiger charge is -2.18. The molecule has 0 saturated carbocycles. The van der Waals surface area contributed by atoms with Crippen molar-refractivity contribution >= 4 is 17.9 Å². The molecule has 6 heteroatoms. The van der Waals surface area contributed by atoms with Crippen molar-refractivity contribution in [1.82, 2.24) is 0 Å². The molecule has 65 heavy (non-hydrogen) atoms. The van der Waals surface area contributed by atoms with Gasteiger partial charge < -0.3 is 14.2 Å². The average Bonchev–Trinajstić information content (AvgIpc) is 3.30. The molecule has 0 spiro atoms. The van der Waals surface area contributed by atoms with Gasteiger partial charge in [0.15, 0.2) is 6.10 Å². The first kappa shape index (κ1) is 61.3. The van der Waals surface area contributed by atoms with Crippen LogP contribution in [0.4, 0.5) is 0 Å². The number of rotatable bonds is 47. The topological polar surface area (TPSA) is 78.9 Å². The van der Waals surface area contributed by atoms with E-state index in [4.69, 9.17) is 14.2 Å². The van der Waals surface area contributed by atoms with Gasteiger partial charge in [-0.25, -0.2) is 0 Å². The largest absolute Gasteiger partial charge is 0.462 e. The first-order chi connectivity index (χ1) is 32.0. The lowest BCUT2D eigenvalue weighted by Crippen LogP contribution is -2.30. The van der Waals surface area contributed by atoms with Crippen molar-refractivity contribution < 1.29 is 28.6 Å². The van der Waals surface area contributed by atoms with E-state index in [2.05, 4.69) is 118 Å². The lowest BCUT2D eigenvalue weighted by molar-refractivity contribution is -0.167. The lowest BCUT2D eigenvalue weighted by atomic mass is 10.1. The zero-order valence-corrected chi connectivity index (χ0v) is 42.2. The Kier molecular flexibility index (Phi) is 50.0. The van der Waals surface area contributed by atoms with Gasteiger partial charge >= 0.3 is 17.9 Å². The van der Waals surface area contributed by atoms with E-state index in [0.29, 0.717) is 19.3 Å². The monoisotopic (exact) mass is 903 g/mol. The molecule has 0 aromatic carbocycles. The van der Waals surface area contributed by atoms with Gasteiger partial charge in [-0.2, -0.15) is 0 Å². The van der Waals surface area contributed by atoms with Gasteiger partial charge in [-0.05, 0) is 122 Å². The van der Waals surface area contributed by atoms with Crippen LogP contribution in [0.15, 0.2) is 97.2 Å². The third-order valence-electron chi connectivity index (χ3n) is 11.0. The van der Waals surface area contributed by atoms with Crippen molar-refractivity contribution in [2.45, 2.75) is 245 Å². The molecule has 0 aromatic rings. The van der Waals surface area contributed by atoms with E-state index < -0.39 is 6.10 Å². The van der Waals surface area contributed by atoms with Gasteiger partial charge in [0.1, 0.15) is 13.2 Å². The van der Waals surface area contributed by atoms with E-state index in [1.54, 1.807) is 0 Å². The third-order valence-corrected chi connectivity index (χ3v) is 11.0. The molecule has 1 atom stereocenters. The molecular formula is C59H98O6. The maximum absolute atomic E-state index is 12.8. The summed E-state index contributed by atoms with van der Waals surface area (Å²) in [6.45, 7) is 6.48. The van der Waals surface area contributed by atoms with Crippen molar-refractivity contribution in [2.75, 3.05) is 13.2 Å². The molecule has 0 bridgehead atoms. The van der Waals surface area contributed by atoms with Crippen molar-refractivity contribution in [3.05, 3.63) is 97.2 Å². The van der Waals surface area contributed by atoms with E-state index in [0.717, 1.165) is 89.9 Å². The number of unbranched alkanes of at least 4 members (excludes halogenated alkanes) is 20. The minimum absolute atomic E-state index is 0.117. The second-order valence-electron chi connectivity index (χ2n) is 17.4. The molecule has 0 rings (SSSR count). The summed E-state index contributed by atoms with van der Waals surface area (Å²) >= 11 is 0. The molecule has 0 amide bonds. The quantitative estimate of drug-likeness (QED) is 0.0262. The van der Waals surface area contributed by atoms with Crippen LogP contribution in [0.1, 0.15) is 239 Å². The molecule has 0 N–H and O–H groups in total. The predicted octanol–water partition coefficient (Wildman–Crippen LogP) is 17.8. The van der Waals surface area contributed by atoms with Crippen molar-refractivity contribution in [3.63, 3.8) is 0 Å². The summed E-state index contributed by atoms with van der Waals surface area (Å²) in [5.41, 5.74) is 0. The molecule has 0 heterocycles. The Balaban J connectivity index is 4.56. The normalized spacial score (nSPS) is 12.8. The molecule has 0 saturated heterocycles. The van der Waals surface area contributed by atoms with Crippen LogP contribution in [0, 0.1) is 0 Å². The summed E-state index contributed by atoms with van der Waals surface area (Å²) in [4.78, 5) is 38.0. The van der Waals surface area contributed by atoms with Crippen LogP contribution < -0.4 is 0 Å². The molecular weight excluding hydrogens is 805 g/mol. The molecule has 0 radical (unpaired) electrons. The van der Waals surface area contributed by atoms with Crippen LogP contribution >= 0.6 is 0 Å². The zero-order chi connectivity index (χ0) is 47.2.